The van der Waals surface area contributed by atoms with Gasteiger partial charge in [-0.1, -0.05) is 27.9 Å². The summed E-state index contributed by atoms with van der Waals surface area (Å²) in [5.74, 6) is 0. The van der Waals surface area contributed by atoms with Crippen LogP contribution in [-0.4, -0.2) is 51.4 Å². The van der Waals surface area contributed by atoms with Gasteiger partial charge < -0.3 is 4.90 Å². The van der Waals surface area contributed by atoms with Crippen LogP contribution in [0.25, 0.3) is 0 Å². The fraction of sp³-hybridized carbons (Fsp3) is 0.769. The molecule has 15 heavy (non-hydrogen) atoms. The average Bonchev–Trinajstić information content (AvgIpc) is 1.54. The molecule has 0 aliphatic rings. The van der Waals surface area contributed by atoms with Crippen LogP contribution in [0.3, 0.4) is 0 Å². The predicted molar refractivity (Wildman–Crippen MR) is 79.5 cm³/mol. The van der Waals surface area contributed by atoms with Gasteiger partial charge in [0.25, 0.3) is 0 Å². The molecule has 0 amide bonds. The molecule has 2 nitrogen and oxygen atoms in total. The van der Waals surface area contributed by atoms with Crippen molar-refractivity contribution in [1.82, 2.24) is 4.90 Å². The Kier molecular flexibility index (Phi) is 71.4. The van der Waals surface area contributed by atoms with Crippen molar-refractivity contribution < 1.29 is 4.58 Å². The Morgan fingerprint density at radius 3 is 0.933 bits per heavy atom. The Bertz CT molecular complexity index is 92.9. The lowest BCUT2D eigenvalue weighted by atomic mass is 10.4. The van der Waals surface area contributed by atoms with Crippen LogP contribution in [0.5, 0.6) is 0 Å². The Morgan fingerprint density at radius 1 is 0.933 bits per heavy atom. The van der Waals surface area contributed by atoms with E-state index in [9.17, 15) is 0 Å². The minimum Gasteiger partial charge on any atom is -0.312 e. The molecule has 0 fully saturated rings. The van der Waals surface area contributed by atoms with E-state index >= 15 is 0 Å². The third kappa shape index (κ3) is 4350. The fourth-order valence-electron chi connectivity index (χ4n) is 0. The van der Waals surface area contributed by atoms with Crippen LogP contribution in [0.4, 0.5) is 0 Å². The van der Waals surface area contributed by atoms with Crippen LogP contribution in [0.15, 0.2) is 12.2 Å². The zero-order valence-corrected chi connectivity index (χ0v) is 9.81. The first-order valence-electron chi connectivity index (χ1n) is 3.91. The molecule has 0 rings (SSSR count). The normalized spacial score (nSPS) is 5.87. The van der Waals surface area contributed by atoms with E-state index < -0.39 is 0 Å². The first-order chi connectivity index (χ1) is 5.20. The van der Waals surface area contributed by atoms with Crippen LogP contribution in [-0.2, 0) is 0 Å². The first kappa shape index (κ1) is 36.7. The van der Waals surface area contributed by atoms with E-state index in [-0.39, 0.29) is 22.3 Å². The van der Waals surface area contributed by atoms with Crippen molar-refractivity contribution >= 4 is 6.72 Å². The van der Waals surface area contributed by atoms with Gasteiger partial charge in [0.1, 0.15) is 20.8 Å². The molecule has 0 N–H and O–H groups in total. The average molecular weight is 221 g/mol. The highest BCUT2D eigenvalue weighted by atomic mass is 15.0. The molecular formula is C13H37N2+. The highest BCUT2D eigenvalue weighted by Crippen LogP contribution is 1.73. The largest absolute Gasteiger partial charge is 0.312 e. The van der Waals surface area contributed by atoms with E-state index in [4.69, 9.17) is 0 Å². The van der Waals surface area contributed by atoms with Crippen LogP contribution < -0.4 is 0 Å². The number of allylic oxidation sites excluding steroid dienone is 1. The topological polar surface area (TPSA) is 6.25 Å². The zero-order chi connectivity index (χ0) is 10.7. The van der Waals surface area contributed by atoms with Gasteiger partial charge in [0.2, 0.25) is 0 Å². The van der Waals surface area contributed by atoms with Gasteiger partial charge in [-0.15, -0.1) is 6.58 Å². The number of hydrogen-bond donors (Lipinski definition) is 0. The molecular weight excluding hydrogens is 184 g/mol. The monoisotopic (exact) mass is 221 g/mol. The van der Waals surface area contributed by atoms with Gasteiger partial charge >= 0.3 is 0 Å². The molecule has 0 saturated heterocycles. The molecule has 0 aliphatic heterocycles. The van der Waals surface area contributed by atoms with Gasteiger partial charge in [-0.25, -0.2) is 4.58 Å². The number of rotatable bonds is 0. The highest BCUT2D eigenvalue weighted by molar-refractivity contribution is 5.13. The van der Waals surface area contributed by atoms with Crippen molar-refractivity contribution in [2.45, 2.75) is 36.1 Å². The Balaban J connectivity index is -0.0000000184. The molecule has 0 spiro atoms. The fourth-order valence-corrected chi connectivity index (χ4v) is 0. The SMILES string of the molecule is C.C.C.C=C(C)C.C=[N+](C)C.CN(C)C. The van der Waals surface area contributed by atoms with E-state index in [1.54, 1.807) is 4.58 Å². The molecule has 0 aliphatic carbocycles. The molecule has 0 heterocycles. The number of hydrogen-bond acceptors (Lipinski definition) is 1. The van der Waals surface area contributed by atoms with Crippen LogP contribution in [0.1, 0.15) is 36.1 Å². The summed E-state index contributed by atoms with van der Waals surface area (Å²) in [4.78, 5) is 2.00. The molecule has 0 saturated carbocycles. The van der Waals surface area contributed by atoms with E-state index in [2.05, 4.69) is 13.3 Å². The Labute approximate surface area is 100 Å². The van der Waals surface area contributed by atoms with Crippen molar-refractivity contribution in [2.24, 2.45) is 0 Å². The summed E-state index contributed by atoms with van der Waals surface area (Å²) in [6.45, 7) is 11.0. The smallest absolute Gasteiger partial charge is 0.131 e. The Hall–Kier alpha value is -0.630. The van der Waals surface area contributed by atoms with Gasteiger partial charge in [0.15, 0.2) is 0 Å². The molecule has 0 aromatic rings. The maximum atomic E-state index is 3.56. The molecule has 0 unspecified atom stereocenters. The second-order valence-corrected chi connectivity index (χ2v) is 3.63. The van der Waals surface area contributed by atoms with E-state index in [1.807, 2.05) is 54.0 Å². The zero-order valence-electron chi connectivity index (χ0n) is 9.81. The minimum atomic E-state index is 0. The summed E-state index contributed by atoms with van der Waals surface area (Å²) in [7, 11) is 9.78. The molecule has 2 heteroatoms. The second kappa shape index (κ2) is 29.2. The lowest BCUT2D eigenvalue weighted by Gasteiger charge is -1.90. The third-order valence-electron chi connectivity index (χ3n) is 0. The summed E-state index contributed by atoms with van der Waals surface area (Å²) in [5, 5.41) is 0. The van der Waals surface area contributed by atoms with E-state index in [1.165, 1.54) is 5.57 Å². The van der Waals surface area contributed by atoms with Crippen LogP contribution in [0, 0.1) is 0 Å². The summed E-state index contributed by atoms with van der Waals surface area (Å²) in [6, 6.07) is 0. The number of nitrogens with zero attached hydrogens (tertiary/aromatic N) is 2. The van der Waals surface area contributed by atoms with Crippen molar-refractivity contribution in [3.63, 3.8) is 0 Å². The van der Waals surface area contributed by atoms with Crippen LogP contribution in [0.2, 0.25) is 0 Å². The van der Waals surface area contributed by atoms with Crippen LogP contribution >= 0.6 is 0 Å². The molecule has 98 valence electrons. The molecule has 0 bridgehead atoms. The summed E-state index contributed by atoms with van der Waals surface area (Å²) < 4.78 is 1.75. The van der Waals surface area contributed by atoms with Gasteiger partial charge in [-0.05, 0) is 35.0 Å². The summed E-state index contributed by atoms with van der Waals surface area (Å²) in [5.41, 5.74) is 1.17. The summed E-state index contributed by atoms with van der Waals surface area (Å²) >= 11 is 0. The molecule has 0 aromatic heterocycles. The van der Waals surface area contributed by atoms with Crippen molar-refractivity contribution in [2.75, 3.05) is 35.2 Å². The van der Waals surface area contributed by atoms with Gasteiger partial charge in [-0.2, -0.15) is 0 Å². The molecule has 0 atom stereocenters. The van der Waals surface area contributed by atoms with Crippen molar-refractivity contribution in [3.8, 4) is 0 Å². The van der Waals surface area contributed by atoms with Crippen molar-refractivity contribution in [1.29, 1.82) is 0 Å². The first-order valence-corrected chi connectivity index (χ1v) is 3.91. The van der Waals surface area contributed by atoms with Crippen molar-refractivity contribution in [3.05, 3.63) is 12.2 Å². The minimum absolute atomic E-state index is 0. The third-order valence-corrected chi connectivity index (χ3v) is 0. The quantitative estimate of drug-likeness (QED) is 0.344. The Morgan fingerprint density at radius 2 is 0.933 bits per heavy atom. The van der Waals surface area contributed by atoms with E-state index in [0.29, 0.717) is 0 Å². The van der Waals surface area contributed by atoms with E-state index in [0.717, 1.165) is 0 Å². The van der Waals surface area contributed by atoms with Gasteiger partial charge in [0, 0.05) is 0 Å². The lowest BCUT2D eigenvalue weighted by molar-refractivity contribution is -0.454. The lowest BCUT2D eigenvalue weighted by Crippen LogP contribution is -1.99. The standard InChI is InChI=1S/C4H8.C3H9N.C3H8N.3CH4/c3*1-4(2)3;;;/h1H2,2-3H3;1-3H3;1H2,2-3H3;3*1H4/q;;+1;;;. The van der Waals surface area contributed by atoms with Gasteiger partial charge in [0.05, 0.1) is 0 Å². The predicted octanol–water partition coefficient (Wildman–Crippen LogP) is 3.63. The summed E-state index contributed by atoms with van der Waals surface area (Å²) in [6.07, 6.45) is 0. The highest BCUT2D eigenvalue weighted by Gasteiger charge is 1.58. The molecule has 0 radical (unpaired) electrons. The van der Waals surface area contributed by atoms with Gasteiger partial charge in [-0.3, -0.25) is 0 Å². The maximum absolute atomic E-state index is 3.56. The maximum Gasteiger partial charge on any atom is 0.131 e. The molecule has 0 aromatic carbocycles. The second-order valence-electron chi connectivity index (χ2n) is 3.63.